The SMILES string of the molecule is NOCCOC(=O)CC1(CC(=O)O)C(N)(N)CCC(N)C1(CC(=O)O)CC(=O)O. The number of nitrogens with two attached hydrogens (primary N) is 4. The van der Waals surface area contributed by atoms with Crippen molar-refractivity contribution < 1.29 is 44.1 Å². The zero-order valence-corrected chi connectivity index (χ0v) is 15.8. The average molecular weight is 420 g/mol. The molecule has 13 heteroatoms. The molecule has 0 radical (unpaired) electrons. The molecule has 0 aromatic rings. The maximum Gasteiger partial charge on any atom is 0.306 e. The van der Waals surface area contributed by atoms with E-state index < -0.39 is 72.1 Å². The summed E-state index contributed by atoms with van der Waals surface area (Å²) in [7, 11) is 0. The van der Waals surface area contributed by atoms with Gasteiger partial charge in [0.05, 0.1) is 31.3 Å². The summed E-state index contributed by atoms with van der Waals surface area (Å²) in [4.78, 5) is 51.8. The number of carboxylic acids is 3. The summed E-state index contributed by atoms with van der Waals surface area (Å²) in [5.74, 6) is -0.421. The molecular weight excluding hydrogens is 392 g/mol. The van der Waals surface area contributed by atoms with Crippen molar-refractivity contribution in [3.05, 3.63) is 0 Å². The Kier molecular flexibility index (Phi) is 8.06. The third-order valence-electron chi connectivity index (χ3n) is 5.72. The van der Waals surface area contributed by atoms with Gasteiger partial charge in [-0.3, -0.25) is 19.2 Å². The number of carbonyl (C=O) groups is 4. The molecule has 2 atom stereocenters. The molecule has 13 nitrogen and oxygen atoms in total. The highest BCUT2D eigenvalue weighted by Crippen LogP contribution is 2.60. The van der Waals surface area contributed by atoms with Crippen LogP contribution in [0.1, 0.15) is 38.5 Å². The fourth-order valence-corrected chi connectivity index (χ4v) is 4.43. The van der Waals surface area contributed by atoms with Gasteiger partial charge >= 0.3 is 23.9 Å². The Bertz CT molecular complexity index is 638. The number of carboxylic acid groups (broad SMARTS) is 3. The molecule has 1 rings (SSSR count). The van der Waals surface area contributed by atoms with Gasteiger partial charge in [-0.2, -0.15) is 0 Å². The molecule has 29 heavy (non-hydrogen) atoms. The molecule has 0 spiro atoms. The van der Waals surface area contributed by atoms with Gasteiger partial charge in [0.1, 0.15) is 13.2 Å². The maximum atomic E-state index is 12.5. The van der Waals surface area contributed by atoms with Crippen LogP contribution < -0.4 is 23.1 Å². The first-order valence-electron chi connectivity index (χ1n) is 8.79. The number of ether oxygens (including phenoxy) is 1. The van der Waals surface area contributed by atoms with Crippen molar-refractivity contribution in [2.75, 3.05) is 13.2 Å². The lowest BCUT2D eigenvalue weighted by Gasteiger charge is -2.62. The monoisotopic (exact) mass is 420 g/mol. The zero-order valence-electron chi connectivity index (χ0n) is 15.8. The van der Waals surface area contributed by atoms with Crippen molar-refractivity contribution in [3.63, 3.8) is 0 Å². The molecule has 1 saturated carbocycles. The minimum absolute atomic E-state index is 0.0466. The van der Waals surface area contributed by atoms with Crippen LogP contribution in [-0.2, 0) is 28.8 Å². The highest BCUT2D eigenvalue weighted by Gasteiger charge is 2.67. The molecule has 0 aromatic heterocycles. The quantitative estimate of drug-likeness (QED) is 0.0822. The van der Waals surface area contributed by atoms with E-state index in [1.165, 1.54) is 0 Å². The molecule has 0 heterocycles. The number of hydrogen-bond acceptors (Lipinski definition) is 10. The van der Waals surface area contributed by atoms with Crippen LogP contribution in [0.25, 0.3) is 0 Å². The first-order valence-corrected chi connectivity index (χ1v) is 8.79. The Labute approximate surface area is 166 Å². The van der Waals surface area contributed by atoms with E-state index in [1.54, 1.807) is 0 Å². The number of esters is 1. The van der Waals surface area contributed by atoms with Crippen molar-refractivity contribution in [1.82, 2.24) is 0 Å². The van der Waals surface area contributed by atoms with Gasteiger partial charge in [0.2, 0.25) is 0 Å². The molecule has 1 aliphatic carbocycles. The van der Waals surface area contributed by atoms with Gasteiger partial charge in [0, 0.05) is 16.9 Å². The lowest BCUT2D eigenvalue weighted by Crippen LogP contribution is -2.76. The predicted octanol–water partition coefficient (Wildman–Crippen LogP) is -2.06. The molecule has 0 aromatic carbocycles. The summed E-state index contributed by atoms with van der Waals surface area (Å²) >= 11 is 0. The number of rotatable bonds is 11. The van der Waals surface area contributed by atoms with Gasteiger partial charge in [-0.15, -0.1) is 0 Å². The molecule has 11 N–H and O–H groups in total. The van der Waals surface area contributed by atoms with Gasteiger partial charge in [0.15, 0.2) is 0 Å². The van der Waals surface area contributed by atoms with Crippen molar-refractivity contribution >= 4 is 23.9 Å². The number of carbonyl (C=O) groups excluding carboxylic acids is 1. The lowest BCUT2D eigenvalue weighted by molar-refractivity contribution is -0.181. The Hall–Kier alpha value is -2.32. The summed E-state index contributed by atoms with van der Waals surface area (Å²) in [6.07, 6.45) is -3.32. The van der Waals surface area contributed by atoms with Crippen LogP contribution in [0, 0.1) is 10.8 Å². The third-order valence-corrected chi connectivity index (χ3v) is 5.72. The van der Waals surface area contributed by atoms with Gasteiger partial charge in [-0.25, -0.2) is 5.90 Å². The first-order chi connectivity index (χ1) is 13.3. The lowest BCUT2D eigenvalue weighted by atomic mass is 9.45. The molecule has 1 aliphatic rings. The van der Waals surface area contributed by atoms with Gasteiger partial charge < -0.3 is 42.1 Å². The van der Waals surface area contributed by atoms with Gasteiger partial charge in [0.25, 0.3) is 0 Å². The minimum atomic E-state index is -2.01. The molecule has 0 aliphatic heterocycles. The van der Waals surface area contributed by atoms with Crippen LogP contribution in [0.3, 0.4) is 0 Å². The highest BCUT2D eigenvalue weighted by atomic mass is 16.6. The van der Waals surface area contributed by atoms with E-state index in [4.69, 9.17) is 27.8 Å². The minimum Gasteiger partial charge on any atom is -0.481 e. The van der Waals surface area contributed by atoms with E-state index in [0.717, 1.165) is 0 Å². The molecule has 166 valence electrons. The summed E-state index contributed by atoms with van der Waals surface area (Å²) in [6.45, 7) is -0.416. The van der Waals surface area contributed by atoms with E-state index in [-0.39, 0.29) is 26.1 Å². The number of aliphatic carboxylic acids is 3. The fourth-order valence-electron chi connectivity index (χ4n) is 4.43. The first kappa shape index (κ1) is 24.7. The average Bonchev–Trinajstić information content (AvgIpc) is 2.56. The van der Waals surface area contributed by atoms with Crippen LogP contribution in [0.4, 0.5) is 0 Å². The normalized spacial score (nSPS) is 25.2. The molecule has 0 amide bonds. The Morgan fingerprint density at radius 1 is 0.897 bits per heavy atom. The largest absolute Gasteiger partial charge is 0.481 e. The Morgan fingerprint density at radius 2 is 1.41 bits per heavy atom. The summed E-state index contributed by atoms with van der Waals surface area (Å²) < 4.78 is 4.94. The topological polar surface area (TPSA) is 252 Å². The molecule has 2 unspecified atom stereocenters. The second-order valence-corrected chi connectivity index (χ2v) is 7.40. The van der Waals surface area contributed by atoms with Crippen molar-refractivity contribution in [2.24, 2.45) is 33.9 Å². The third kappa shape index (κ3) is 5.19. The van der Waals surface area contributed by atoms with Crippen LogP contribution in [0.5, 0.6) is 0 Å². The summed E-state index contributed by atoms with van der Waals surface area (Å²) in [5, 5.41) is 28.5. The second-order valence-electron chi connectivity index (χ2n) is 7.40. The summed E-state index contributed by atoms with van der Waals surface area (Å²) in [6, 6.07) is -1.09. The molecule has 0 bridgehead atoms. The fraction of sp³-hybridized carbons (Fsp3) is 0.750. The van der Waals surface area contributed by atoms with Gasteiger partial charge in [-0.05, 0) is 12.8 Å². The van der Waals surface area contributed by atoms with Crippen molar-refractivity contribution in [2.45, 2.75) is 50.2 Å². The van der Waals surface area contributed by atoms with Crippen LogP contribution in [-0.4, -0.2) is 64.1 Å². The Morgan fingerprint density at radius 3 is 1.86 bits per heavy atom. The van der Waals surface area contributed by atoms with Crippen LogP contribution in [0.2, 0.25) is 0 Å². The summed E-state index contributed by atoms with van der Waals surface area (Å²) in [5.41, 5.74) is 12.8. The molecule has 0 saturated heterocycles. The van der Waals surface area contributed by atoms with Crippen molar-refractivity contribution in [1.29, 1.82) is 0 Å². The predicted molar refractivity (Wildman–Crippen MR) is 95.7 cm³/mol. The van der Waals surface area contributed by atoms with Gasteiger partial charge in [-0.1, -0.05) is 0 Å². The highest BCUT2D eigenvalue weighted by molar-refractivity contribution is 5.77. The number of hydrogen-bond donors (Lipinski definition) is 7. The smallest absolute Gasteiger partial charge is 0.306 e. The van der Waals surface area contributed by atoms with E-state index >= 15 is 0 Å². The molecule has 1 fully saturated rings. The standard InChI is InChI=1S/C16H28N4O9/c17-9-1-2-16(18,19)15(7-12(25)26,8-13(27)28-3-4-29-20)14(9,5-10(21)22)6-11(23)24/h9H,1-8,17-20H2,(H,21,22)(H,23,24)(H,25,26). The van der Waals surface area contributed by atoms with E-state index in [9.17, 15) is 34.5 Å². The molecular formula is C16H28N4O9. The maximum absolute atomic E-state index is 12.5. The van der Waals surface area contributed by atoms with E-state index in [2.05, 4.69) is 4.84 Å². The van der Waals surface area contributed by atoms with Crippen LogP contribution >= 0.6 is 0 Å². The zero-order chi connectivity index (χ0) is 22.5. The van der Waals surface area contributed by atoms with E-state index in [1.807, 2.05) is 0 Å². The second kappa shape index (κ2) is 9.45. The van der Waals surface area contributed by atoms with Crippen molar-refractivity contribution in [3.8, 4) is 0 Å². The Balaban J connectivity index is 3.64. The van der Waals surface area contributed by atoms with Crippen LogP contribution in [0.15, 0.2) is 0 Å². The van der Waals surface area contributed by atoms with E-state index in [0.29, 0.717) is 0 Å².